The van der Waals surface area contributed by atoms with Crippen LogP contribution in [0.1, 0.15) is 23.1 Å². The van der Waals surface area contributed by atoms with Gasteiger partial charge in [-0.05, 0) is 43.4 Å². The van der Waals surface area contributed by atoms with Crippen molar-refractivity contribution in [3.63, 3.8) is 0 Å². The fourth-order valence-electron chi connectivity index (χ4n) is 2.46. The molecule has 2 heterocycles. The van der Waals surface area contributed by atoms with Gasteiger partial charge in [0, 0.05) is 11.6 Å². The molecule has 0 saturated carbocycles. The molecular formula is C14H14O3. The number of esters is 1. The van der Waals surface area contributed by atoms with Crippen molar-refractivity contribution in [1.29, 1.82) is 0 Å². The Morgan fingerprint density at radius 3 is 3.00 bits per heavy atom. The second kappa shape index (κ2) is 3.91. The Bertz CT molecular complexity index is 515. The van der Waals surface area contributed by atoms with Gasteiger partial charge in [-0.25, -0.2) is 4.79 Å². The zero-order chi connectivity index (χ0) is 11.8. The maximum Gasteiger partial charge on any atom is 0.335 e. The molecule has 2 aliphatic rings. The van der Waals surface area contributed by atoms with Gasteiger partial charge in [-0.3, -0.25) is 0 Å². The van der Waals surface area contributed by atoms with Crippen LogP contribution in [0.25, 0.3) is 0 Å². The standard InChI is InChI=1S/C14H14O3/c1-9-13-10(5-3-7-16-13)8-11-4-2-6-12(15)17-14(9)11/h2,6,8H,3-5,7H2,1H3. The lowest BCUT2D eigenvalue weighted by Crippen LogP contribution is -2.12. The summed E-state index contributed by atoms with van der Waals surface area (Å²) in [6, 6.07) is 2.11. The minimum atomic E-state index is -0.303. The first-order valence-electron chi connectivity index (χ1n) is 5.92. The number of rotatable bonds is 0. The number of fused-ring (bicyclic) bond motifs is 2. The third-order valence-electron chi connectivity index (χ3n) is 3.24. The topological polar surface area (TPSA) is 35.5 Å². The lowest BCUT2D eigenvalue weighted by Gasteiger charge is -2.22. The molecule has 0 spiro atoms. The summed E-state index contributed by atoms with van der Waals surface area (Å²) >= 11 is 0. The Hall–Kier alpha value is -1.77. The number of allylic oxidation sites excluding steroid dienone is 1. The van der Waals surface area contributed by atoms with Gasteiger partial charge in [-0.1, -0.05) is 6.08 Å². The molecule has 88 valence electrons. The third-order valence-corrected chi connectivity index (χ3v) is 3.24. The largest absolute Gasteiger partial charge is 0.493 e. The molecule has 0 saturated heterocycles. The van der Waals surface area contributed by atoms with Gasteiger partial charge in [0.15, 0.2) is 0 Å². The molecule has 3 rings (SSSR count). The van der Waals surface area contributed by atoms with E-state index < -0.39 is 0 Å². The van der Waals surface area contributed by atoms with E-state index in [1.165, 1.54) is 11.6 Å². The quantitative estimate of drug-likeness (QED) is 0.507. The average Bonchev–Trinajstić information content (AvgIpc) is 2.51. The third kappa shape index (κ3) is 1.71. The second-order valence-corrected chi connectivity index (χ2v) is 4.46. The zero-order valence-electron chi connectivity index (χ0n) is 9.79. The molecule has 0 aliphatic carbocycles. The van der Waals surface area contributed by atoms with Crippen molar-refractivity contribution in [2.75, 3.05) is 6.61 Å². The van der Waals surface area contributed by atoms with Gasteiger partial charge in [0.05, 0.1) is 6.61 Å². The van der Waals surface area contributed by atoms with E-state index in [1.54, 1.807) is 0 Å². The summed E-state index contributed by atoms with van der Waals surface area (Å²) in [6.07, 6.45) is 6.18. The maximum absolute atomic E-state index is 11.4. The van der Waals surface area contributed by atoms with Gasteiger partial charge in [-0.2, -0.15) is 0 Å². The van der Waals surface area contributed by atoms with E-state index in [-0.39, 0.29) is 5.97 Å². The Morgan fingerprint density at radius 1 is 1.24 bits per heavy atom. The van der Waals surface area contributed by atoms with Gasteiger partial charge in [0.1, 0.15) is 11.5 Å². The van der Waals surface area contributed by atoms with Crippen LogP contribution in [0.5, 0.6) is 11.5 Å². The zero-order valence-corrected chi connectivity index (χ0v) is 9.79. The highest BCUT2D eigenvalue weighted by molar-refractivity contribution is 5.85. The highest BCUT2D eigenvalue weighted by Crippen LogP contribution is 2.38. The molecule has 17 heavy (non-hydrogen) atoms. The first kappa shape index (κ1) is 10.4. The van der Waals surface area contributed by atoms with Gasteiger partial charge in [-0.15, -0.1) is 0 Å². The predicted molar refractivity (Wildman–Crippen MR) is 63.5 cm³/mol. The van der Waals surface area contributed by atoms with Crippen LogP contribution < -0.4 is 9.47 Å². The summed E-state index contributed by atoms with van der Waals surface area (Å²) in [4.78, 5) is 11.4. The van der Waals surface area contributed by atoms with E-state index in [2.05, 4.69) is 6.07 Å². The van der Waals surface area contributed by atoms with Crippen molar-refractivity contribution in [1.82, 2.24) is 0 Å². The smallest absolute Gasteiger partial charge is 0.335 e. The Morgan fingerprint density at radius 2 is 2.12 bits per heavy atom. The maximum atomic E-state index is 11.4. The molecular weight excluding hydrogens is 216 g/mol. The van der Waals surface area contributed by atoms with Crippen molar-refractivity contribution >= 4 is 5.97 Å². The molecule has 0 atom stereocenters. The van der Waals surface area contributed by atoms with E-state index in [0.29, 0.717) is 5.75 Å². The van der Waals surface area contributed by atoms with Crippen LogP contribution in [0.4, 0.5) is 0 Å². The summed E-state index contributed by atoms with van der Waals surface area (Å²) in [7, 11) is 0. The lowest BCUT2D eigenvalue weighted by molar-refractivity contribution is -0.128. The van der Waals surface area contributed by atoms with Gasteiger partial charge < -0.3 is 9.47 Å². The van der Waals surface area contributed by atoms with Crippen molar-refractivity contribution in [2.45, 2.75) is 26.2 Å². The lowest BCUT2D eigenvalue weighted by atomic mass is 9.97. The molecule has 0 radical (unpaired) electrons. The fourth-order valence-corrected chi connectivity index (χ4v) is 2.46. The van der Waals surface area contributed by atoms with E-state index in [9.17, 15) is 4.79 Å². The van der Waals surface area contributed by atoms with Crippen molar-refractivity contribution in [3.8, 4) is 11.5 Å². The monoisotopic (exact) mass is 230 g/mol. The molecule has 1 aromatic carbocycles. The number of ether oxygens (including phenoxy) is 2. The van der Waals surface area contributed by atoms with Crippen LogP contribution >= 0.6 is 0 Å². The van der Waals surface area contributed by atoms with E-state index in [0.717, 1.165) is 42.7 Å². The molecule has 3 heteroatoms. The van der Waals surface area contributed by atoms with Gasteiger partial charge in [0.25, 0.3) is 0 Å². The van der Waals surface area contributed by atoms with Crippen LogP contribution in [0.2, 0.25) is 0 Å². The van der Waals surface area contributed by atoms with Crippen molar-refractivity contribution in [2.24, 2.45) is 0 Å². The molecule has 3 nitrogen and oxygen atoms in total. The first-order valence-corrected chi connectivity index (χ1v) is 5.92. The van der Waals surface area contributed by atoms with Gasteiger partial charge >= 0.3 is 5.97 Å². The number of benzene rings is 1. The molecule has 0 bridgehead atoms. The van der Waals surface area contributed by atoms with Crippen LogP contribution in [0.3, 0.4) is 0 Å². The number of carbonyl (C=O) groups is 1. The van der Waals surface area contributed by atoms with E-state index in [1.807, 2.05) is 13.0 Å². The normalized spacial score (nSPS) is 17.6. The van der Waals surface area contributed by atoms with Crippen molar-refractivity contribution in [3.05, 3.63) is 34.9 Å². The number of aryl methyl sites for hydroxylation is 1. The highest BCUT2D eigenvalue weighted by atomic mass is 16.5. The van der Waals surface area contributed by atoms with Crippen molar-refractivity contribution < 1.29 is 14.3 Å². The minimum Gasteiger partial charge on any atom is -0.493 e. The predicted octanol–water partition coefficient (Wildman–Crippen LogP) is 2.34. The van der Waals surface area contributed by atoms with Crippen LogP contribution in [0, 0.1) is 6.92 Å². The molecule has 1 aromatic rings. The summed E-state index contributed by atoms with van der Waals surface area (Å²) < 4.78 is 11.0. The van der Waals surface area contributed by atoms with Crippen LogP contribution in [0.15, 0.2) is 18.2 Å². The second-order valence-electron chi connectivity index (χ2n) is 4.46. The SMILES string of the molecule is Cc1c2c(cc3c1OC(=O)C=CC3)CCCO2. The average molecular weight is 230 g/mol. The Labute approximate surface area is 100 Å². The van der Waals surface area contributed by atoms with E-state index in [4.69, 9.17) is 9.47 Å². The molecule has 0 unspecified atom stereocenters. The Balaban J connectivity index is 2.16. The van der Waals surface area contributed by atoms with Crippen LogP contribution in [-0.2, 0) is 17.6 Å². The number of hydrogen-bond acceptors (Lipinski definition) is 3. The summed E-state index contributed by atoms with van der Waals surface area (Å²) in [6.45, 7) is 2.71. The summed E-state index contributed by atoms with van der Waals surface area (Å²) in [5.74, 6) is 1.29. The molecule has 0 amide bonds. The fraction of sp³-hybridized carbons (Fsp3) is 0.357. The molecule has 2 aliphatic heterocycles. The summed E-state index contributed by atoms with van der Waals surface area (Å²) in [5.41, 5.74) is 3.27. The van der Waals surface area contributed by atoms with Crippen LogP contribution in [-0.4, -0.2) is 12.6 Å². The highest BCUT2D eigenvalue weighted by Gasteiger charge is 2.22. The molecule has 0 fully saturated rings. The molecule has 0 aromatic heterocycles. The van der Waals surface area contributed by atoms with Gasteiger partial charge in [0.2, 0.25) is 0 Å². The Kier molecular flexibility index (Phi) is 2.39. The minimum absolute atomic E-state index is 0.303. The number of carbonyl (C=O) groups excluding carboxylic acids is 1. The molecule has 0 N–H and O–H groups in total. The number of hydrogen-bond donors (Lipinski definition) is 0. The van der Waals surface area contributed by atoms with E-state index >= 15 is 0 Å². The summed E-state index contributed by atoms with van der Waals surface area (Å²) in [5, 5.41) is 0. The first-order chi connectivity index (χ1) is 8.25.